The van der Waals surface area contributed by atoms with E-state index >= 15 is 0 Å². The van der Waals surface area contributed by atoms with Crippen LogP contribution in [-0.2, 0) is 4.74 Å². The van der Waals surface area contributed by atoms with Crippen molar-refractivity contribution in [2.24, 2.45) is 5.84 Å². The third kappa shape index (κ3) is 2.84. The van der Waals surface area contributed by atoms with E-state index in [1.165, 1.54) is 0 Å². The van der Waals surface area contributed by atoms with Crippen LogP contribution in [0.25, 0.3) is 0 Å². The predicted octanol–water partition coefficient (Wildman–Crippen LogP) is 0.800. The Balaban J connectivity index is 2.24. The number of nitrogens with two attached hydrogens (primary N) is 1. The highest BCUT2D eigenvalue weighted by Crippen LogP contribution is 2.24. The number of benzene rings is 1. The second kappa shape index (κ2) is 5.71. The van der Waals surface area contributed by atoms with Crippen LogP contribution in [0.3, 0.4) is 0 Å². The van der Waals surface area contributed by atoms with Crippen molar-refractivity contribution < 1.29 is 13.5 Å². The Kier molecular flexibility index (Phi) is 4.23. The molecule has 0 saturated carbocycles. The summed E-state index contributed by atoms with van der Waals surface area (Å²) in [5.41, 5.74) is 2.71. The number of hydrogen-bond acceptors (Lipinski definition) is 4. The molecule has 2 unspecified atom stereocenters. The summed E-state index contributed by atoms with van der Waals surface area (Å²) in [6, 6.07) is 2.77. The number of halogens is 2. The van der Waals surface area contributed by atoms with Crippen molar-refractivity contribution in [2.75, 3.05) is 26.7 Å². The zero-order valence-corrected chi connectivity index (χ0v) is 10.2. The van der Waals surface area contributed by atoms with Crippen LogP contribution >= 0.6 is 0 Å². The highest BCUT2D eigenvalue weighted by atomic mass is 19.1. The lowest BCUT2D eigenvalue weighted by molar-refractivity contribution is -0.0399. The van der Waals surface area contributed by atoms with Crippen LogP contribution in [0.15, 0.2) is 18.2 Å². The molecule has 0 amide bonds. The number of hydrogen-bond donors (Lipinski definition) is 2. The van der Waals surface area contributed by atoms with Crippen molar-refractivity contribution in [3.63, 3.8) is 0 Å². The molecule has 6 heteroatoms. The number of nitrogens with one attached hydrogen (secondary N) is 1. The van der Waals surface area contributed by atoms with Crippen LogP contribution in [0.5, 0.6) is 0 Å². The molecular formula is C12H17F2N3O. The fraction of sp³-hybridized carbons (Fsp3) is 0.500. The third-order valence-corrected chi connectivity index (χ3v) is 3.14. The van der Waals surface area contributed by atoms with Gasteiger partial charge in [0, 0.05) is 18.7 Å². The first-order valence-corrected chi connectivity index (χ1v) is 5.83. The maximum atomic E-state index is 13.7. The Morgan fingerprint density at radius 2 is 2.28 bits per heavy atom. The van der Waals surface area contributed by atoms with Crippen LogP contribution in [-0.4, -0.2) is 37.7 Å². The third-order valence-electron chi connectivity index (χ3n) is 3.14. The van der Waals surface area contributed by atoms with Crippen molar-refractivity contribution in [3.05, 3.63) is 35.4 Å². The Labute approximate surface area is 105 Å². The minimum atomic E-state index is -0.566. The molecule has 0 radical (unpaired) electrons. The van der Waals surface area contributed by atoms with E-state index < -0.39 is 17.7 Å². The first kappa shape index (κ1) is 13.4. The van der Waals surface area contributed by atoms with Gasteiger partial charge in [-0.05, 0) is 25.2 Å². The molecule has 100 valence electrons. The van der Waals surface area contributed by atoms with Crippen LogP contribution in [0.1, 0.15) is 11.6 Å². The first-order valence-electron chi connectivity index (χ1n) is 5.83. The SMILES string of the molecule is CN1CCOC(C(NN)c2cc(F)ccc2F)C1. The van der Waals surface area contributed by atoms with E-state index in [1.54, 1.807) is 0 Å². The van der Waals surface area contributed by atoms with Gasteiger partial charge in [0.05, 0.1) is 18.8 Å². The van der Waals surface area contributed by atoms with Gasteiger partial charge >= 0.3 is 0 Å². The minimum absolute atomic E-state index is 0.192. The fourth-order valence-corrected chi connectivity index (χ4v) is 2.16. The van der Waals surface area contributed by atoms with Gasteiger partial charge in [-0.15, -0.1) is 0 Å². The quantitative estimate of drug-likeness (QED) is 0.621. The fourth-order valence-electron chi connectivity index (χ4n) is 2.16. The molecular weight excluding hydrogens is 240 g/mol. The molecule has 0 bridgehead atoms. The van der Waals surface area contributed by atoms with Gasteiger partial charge in [-0.25, -0.2) is 8.78 Å². The molecule has 1 aliphatic heterocycles. The van der Waals surface area contributed by atoms with E-state index in [-0.39, 0.29) is 11.7 Å². The molecule has 3 N–H and O–H groups in total. The average molecular weight is 257 g/mol. The zero-order chi connectivity index (χ0) is 13.1. The summed E-state index contributed by atoms with van der Waals surface area (Å²) in [6.45, 7) is 1.99. The number of morpholine rings is 1. The van der Waals surface area contributed by atoms with Crippen molar-refractivity contribution in [1.29, 1.82) is 0 Å². The number of hydrazine groups is 1. The largest absolute Gasteiger partial charge is 0.374 e. The average Bonchev–Trinajstić information content (AvgIpc) is 2.35. The number of likely N-dealkylation sites (N-methyl/N-ethyl adjacent to an activating group) is 1. The summed E-state index contributed by atoms with van der Waals surface area (Å²) in [5, 5.41) is 0. The van der Waals surface area contributed by atoms with E-state index in [0.29, 0.717) is 13.2 Å². The van der Waals surface area contributed by atoms with Gasteiger partial charge in [-0.1, -0.05) is 0 Å². The van der Waals surface area contributed by atoms with E-state index in [0.717, 1.165) is 24.7 Å². The van der Waals surface area contributed by atoms with E-state index in [9.17, 15) is 8.78 Å². The number of ether oxygens (including phenoxy) is 1. The standard InChI is InChI=1S/C12H17F2N3O/c1-17-4-5-18-11(7-17)12(16-15)9-6-8(13)2-3-10(9)14/h2-3,6,11-12,16H,4-5,7,15H2,1H3. The zero-order valence-electron chi connectivity index (χ0n) is 10.2. The lowest BCUT2D eigenvalue weighted by Gasteiger charge is -2.35. The molecule has 2 atom stereocenters. The maximum absolute atomic E-state index is 13.7. The maximum Gasteiger partial charge on any atom is 0.128 e. The smallest absolute Gasteiger partial charge is 0.128 e. The second-order valence-electron chi connectivity index (χ2n) is 4.48. The highest BCUT2D eigenvalue weighted by molar-refractivity contribution is 5.23. The first-order chi connectivity index (χ1) is 8.61. The van der Waals surface area contributed by atoms with E-state index in [2.05, 4.69) is 10.3 Å². The normalized spacial score (nSPS) is 23.0. The minimum Gasteiger partial charge on any atom is -0.374 e. The summed E-state index contributed by atoms with van der Waals surface area (Å²) >= 11 is 0. The van der Waals surface area contributed by atoms with Crippen molar-refractivity contribution in [1.82, 2.24) is 10.3 Å². The number of nitrogens with zero attached hydrogens (tertiary/aromatic N) is 1. The lowest BCUT2D eigenvalue weighted by Crippen LogP contribution is -2.48. The summed E-state index contributed by atoms with van der Waals surface area (Å²) in [4.78, 5) is 2.07. The lowest BCUT2D eigenvalue weighted by atomic mass is 10.00. The van der Waals surface area contributed by atoms with Gasteiger partial charge in [-0.3, -0.25) is 11.3 Å². The Bertz CT molecular complexity index is 416. The Morgan fingerprint density at radius 1 is 1.50 bits per heavy atom. The van der Waals surface area contributed by atoms with Gasteiger partial charge in [0.15, 0.2) is 0 Å². The van der Waals surface area contributed by atoms with Crippen molar-refractivity contribution in [3.8, 4) is 0 Å². The van der Waals surface area contributed by atoms with Gasteiger partial charge in [-0.2, -0.15) is 0 Å². The monoisotopic (exact) mass is 257 g/mol. The molecule has 1 aromatic carbocycles. The second-order valence-corrected chi connectivity index (χ2v) is 4.48. The number of rotatable bonds is 3. The predicted molar refractivity (Wildman–Crippen MR) is 63.7 cm³/mol. The Morgan fingerprint density at radius 3 is 2.94 bits per heavy atom. The molecule has 1 heterocycles. The molecule has 1 saturated heterocycles. The molecule has 1 fully saturated rings. The van der Waals surface area contributed by atoms with Crippen LogP contribution in [0, 0.1) is 11.6 Å². The molecule has 4 nitrogen and oxygen atoms in total. The topological polar surface area (TPSA) is 50.5 Å². The molecule has 0 aliphatic carbocycles. The van der Waals surface area contributed by atoms with Gasteiger partial charge in [0.1, 0.15) is 11.6 Å². The van der Waals surface area contributed by atoms with E-state index in [4.69, 9.17) is 10.6 Å². The van der Waals surface area contributed by atoms with Gasteiger partial charge < -0.3 is 9.64 Å². The van der Waals surface area contributed by atoms with Gasteiger partial charge in [0.25, 0.3) is 0 Å². The molecule has 0 spiro atoms. The molecule has 1 aromatic rings. The highest BCUT2D eigenvalue weighted by Gasteiger charge is 2.29. The Hall–Kier alpha value is -1.08. The molecule has 2 rings (SSSR count). The van der Waals surface area contributed by atoms with Gasteiger partial charge in [0.2, 0.25) is 0 Å². The summed E-state index contributed by atoms with van der Waals surface area (Å²) in [6.07, 6.45) is -0.301. The van der Waals surface area contributed by atoms with Crippen LogP contribution in [0.2, 0.25) is 0 Å². The van der Waals surface area contributed by atoms with Crippen molar-refractivity contribution >= 4 is 0 Å². The molecule has 1 aliphatic rings. The molecule has 18 heavy (non-hydrogen) atoms. The van der Waals surface area contributed by atoms with Crippen LogP contribution < -0.4 is 11.3 Å². The van der Waals surface area contributed by atoms with Crippen molar-refractivity contribution in [2.45, 2.75) is 12.1 Å². The summed E-state index contributed by atoms with van der Waals surface area (Å²) in [7, 11) is 1.95. The van der Waals surface area contributed by atoms with E-state index in [1.807, 2.05) is 7.05 Å². The summed E-state index contributed by atoms with van der Waals surface area (Å²) in [5.74, 6) is 4.48. The van der Waals surface area contributed by atoms with Crippen LogP contribution in [0.4, 0.5) is 8.78 Å². The molecule has 0 aromatic heterocycles. The summed E-state index contributed by atoms with van der Waals surface area (Å²) < 4.78 is 32.5.